The van der Waals surface area contributed by atoms with E-state index in [4.69, 9.17) is 9.47 Å². The highest BCUT2D eigenvalue weighted by molar-refractivity contribution is 6.07. The Morgan fingerprint density at radius 1 is 1.29 bits per heavy atom. The largest absolute Gasteiger partial charge is 0.550 e. The Morgan fingerprint density at radius 2 is 1.94 bits per heavy atom. The van der Waals surface area contributed by atoms with E-state index >= 15 is 0 Å². The lowest BCUT2D eigenvalue weighted by Gasteiger charge is -2.25. The maximum Gasteiger partial charge on any atom is 0.471 e. The van der Waals surface area contributed by atoms with Crippen LogP contribution in [0.4, 0.5) is 18.9 Å². The van der Waals surface area contributed by atoms with Crippen LogP contribution >= 0.6 is 0 Å². The van der Waals surface area contributed by atoms with E-state index in [0.29, 0.717) is 36.8 Å². The van der Waals surface area contributed by atoms with Crippen LogP contribution in [0.3, 0.4) is 0 Å². The number of alkyl halides is 3. The van der Waals surface area contributed by atoms with Crippen LogP contribution in [0, 0.1) is 12.8 Å². The molecule has 7 nitrogen and oxygen atoms in total. The summed E-state index contributed by atoms with van der Waals surface area (Å²) >= 11 is 0. The topological polar surface area (TPSA) is 105 Å². The van der Waals surface area contributed by atoms with Crippen LogP contribution < -0.4 is 15.2 Å². The molecule has 1 aromatic rings. The lowest BCUT2D eigenvalue weighted by Crippen LogP contribution is -2.32. The van der Waals surface area contributed by atoms with Crippen LogP contribution in [0.25, 0.3) is 0 Å². The number of allylic oxidation sites excluding steroid dienone is 2. The third-order valence-corrected chi connectivity index (χ3v) is 5.73. The number of amides is 1. The van der Waals surface area contributed by atoms with Gasteiger partial charge in [0, 0.05) is 17.1 Å². The number of esters is 1. The number of cyclic esters (lactones) is 1. The molecule has 1 N–H and O–H groups in total. The molecule has 1 saturated carbocycles. The number of methoxy groups -OCH3 is 1. The highest BCUT2D eigenvalue weighted by atomic mass is 19.4. The number of aliphatic carboxylic acids is 1. The second-order valence-electron chi connectivity index (χ2n) is 7.55. The molecule has 1 aliphatic heterocycles. The number of carboxylic acid groups (broad SMARTS) is 1. The second kappa shape index (κ2) is 8.60. The van der Waals surface area contributed by atoms with Gasteiger partial charge in [-0.15, -0.1) is 0 Å². The number of nitrogens with one attached hydrogen (secondary N) is 1. The molecule has 2 aliphatic rings. The first-order valence-corrected chi connectivity index (χ1v) is 9.70. The van der Waals surface area contributed by atoms with Gasteiger partial charge in [0.25, 0.3) is 0 Å². The van der Waals surface area contributed by atoms with Gasteiger partial charge in [0.1, 0.15) is 12.4 Å². The molecule has 3 rings (SSSR count). The van der Waals surface area contributed by atoms with Crippen molar-refractivity contribution in [1.29, 1.82) is 0 Å². The zero-order valence-corrected chi connectivity index (χ0v) is 17.0. The number of halogens is 3. The second-order valence-corrected chi connectivity index (χ2v) is 7.55. The Balaban J connectivity index is 2.02. The van der Waals surface area contributed by atoms with Gasteiger partial charge < -0.3 is 24.7 Å². The zero-order chi connectivity index (χ0) is 22.9. The maximum atomic E-state index is 12.9. The molecule has 0 atom stereocenters. The molecule has 1 fully saturated rings. The van der Waals surface area contributed by atoms with E-state index in [-0.39, 0.29) is 35.6 Å². The highest BCUT2D eigenvalue weighted by Crippen LogP contribution is 2.42. The summed E-state index contributed by atoms with van der Waals surface area (Å²) in [6, 6.07) is 0. The number of hydrogen-bond donors (Lipinski definition) is 1. The van der Waals surface area contributed by atoms with Gasteiger partial charge in [0.2, 0.25) is 0 Å². The number of carbonyl (C=O) groups is 3. The molecule has 31 heavy (non-hydrogen) atoms. The summed E-state index contributed by atoms with van der Waals surface area (Å²) < 4.78 is 49.2. The van der Waals surface area contributed by atoms with E-state index in [1.807, 2.05) is 5.32 Å². The molecule has 1 aromatic carbocycles. The van der Waals surface area contributed by atoms with Crippen LogP contribution in [0.1, 0.15) is 52.7 Å². The quantitative estimate of drug-likeness (QED) is 0.558. The number of ether oxygens (including phenoxy) is 2. The Labute approximate surface area is 176 Å². The molecule has 1 heterocycles. The van der Waals surface area contributed by atoms with Gasteiger partial charge in [-0.2, -0.15) is 13.2 Å². The SMILES string of the molecule is COc1c(C)c2c(c(NC(=O)C(F)(F)F)c1CC=C1CCC(C(=O)[O-])CC1)C(=O)OC2. The Morgan fingerprint density at radius 3 is 2.48 bits per heavy atom. The van der Waals surface area contributed by atoms with E-state index in [9.17, 15) is 32.7 Å². The Hall–Kier alpha value is -3.04. The minimum atomic E-state index is -5.15. The molecule has 1 amide bonds. The number of carboxylic acids is 1. The molecular weight excluding hydrogens is 419 g/mol. The maximum absolute atomic E-state index is 12.9. The summed E-state index contributed by atoms with van der Waals surface area (Å²) in [5.41, 5.74) is 1.69. The van der Waals surface area contributed by atoms with Crippen LogP contribution in [-0.2, 0) is 27.4 Å². The van der Waals surface area contributed by atoms with E-state index in [1.54, 1.807) is 13.0 Å². The normalized spacial score (nSPS) is 18.3. The fourth-order valence-corrected chi connectivity index (χ4v) is 4.05. The average Bonchev–Trinajstić information content (AvgIpc) is 3.10. The molecule has 1 aliphatic carbocycles. The van der Waals surface area contributed by atoms with Crippen LogP contribution in [0.15, 0.2) is 11.6 Å². The summed E-state index contributed by atoms with van der Waals surface area (Å²) in [4.78, 5) is 34.9. The van der Waals surface area contributed by atoms with Crippen molar-refractivity contribution in [2.24, 2.45) is 5.92 Å². The van der Waals surface area contributed by atoms with Gasteiger partial charge in [-0.05, 0) is 50.5 Å². The molecule has 0 spiro atoms. The fourth-order valence-electron chi connectivity index (χ4n) is 4.05. The third-order valence-electron chi connectivity index (χ3n) is 5.73. The Bertz CT molecular complexity index is 957. The highest BCUT2D eigenvalue weighted by Gasteiger charge is 2.41. The van der Waals surface area contributed by atoms with Gasteiger partial charge in [0.05, 0.1) is 18.4 Å². The molecule has 0 saturated heterocycles. The van der Waals surface area contributed by atoms with Gasteiger partial charge in [-0.3, -0.25) is 4.79 Å². The van der Waals surface area contributed by atoms with Gasteiger partial charge in [-0.25, -0.2) is 4.79 Å². The van der Waals surface area contributed by atoms with Crippen molar-refractivity contribution >= 4 is 23.5 Å². The van der Waals surface area contributed by atoms with Crippen molar-refractivity contribution in [3.8, 4) is 5.75 Å². The van der Waals surface area contributed by atoms with E-state index in [2.05, 4.69) is 0 Å². The summed E-state index contributed by atoms with van der Waals surface area (Å²) in [6.07, 6.45) is -1.43. The molecule has 10 heteroatoms. The van der Waals surface area contributed by atoms with Gasteiger partial charge in [0.15, 0.2) is 0 Å². The van der Waals surface area contributed by atoms with E-state index < -0.39 is 29.9 Å². The van der Waals surface area contributed by atoms with Crippen LogP contribution in [-0.4, -0.2) is 31.1 Å². The molecule has 0 unspecified atom stereocenters. The lowest BCUT2D eigenvalue weighted by atomic mass is 9.85. The molecular formula is C21H21F3NO6-. The fraction of sp³-hybridized carbons (Fsp3) is 0.476. The number of rotatable bonds is 5. The van der Waals surface area contributed by atoms with E-state index in [1.165, 1.54) is 7.11 Å². The van der Waals surface area contributed by atoms with Crippen LogP contribution in [0.5, 0.6) is 5.75 Å². The molecule has 0 radical (unpaired) electrons. The van der Waals surface area contributed by atoms with Crippen molar-refractivity contribution in [3.05, 3.63) is 33.9 Å². The van der Waals surface area contributed by atoms with Gasteiger partial charge in [-0.1, -0.05) is 11.6 Å². The van der Waals surface area contributed by atoms with Crippen molar-refractivity contribution in [2.75, 3.05) is 12.4 Å². The minimum Gasteiger partial charge on any atom is -0.550 e. The third kappa shape index (κ3) is 4.52. The Kier molecular flexibility index (Phi) is 6.28. The average molecular weight is 440 g/mol. The van der Waals surface area contributed by atoms with Crippen molar-refractivity contribution in [3.63, 3.8) is 0 Å². The minimum absolute atomic E-state index is 0.0867. The summed E-state index contributed by atoms with van der Waals surface area (Å²) in [6.45, 7) is 1.54. The van der Waals surface area contributed by atoms with E-state index in [0.717, 1.165) is 5.57 Å². The van der Waals surface area contributed by atoms with Crippen molar-refractivity contribution in [1.82, 2.24) is 0 Å². The number of benzene rings is 1. The standard InChI is InChI=1S/C21H22F3NO6/c1-10-14-9-31-19(28)15(14)16(25-20(29)21(22,23)24)13(17(10)30-2)8-5-11-3-6-12(7-4-11)18(26)27/h5,12H,3-4,6-9H2,1-2H3,(H,25,29)(H,26,27)/p-1. The number of anilines is 1. The number of carbonyl (C=O) groups excluding carboxylic acids is 3. The summed E-state index contributed by atoms with van der Waals surface area (Å²) in [5.74, 6) is -4.38. The first-order chi connectivity index (χ1) is 14.5. The van der Waals surface area contributed by atoms with Crippen molar-refractivity contribution < 1.29 is 42.1 Å². The smallest absolute Gasteiger partial charge is 0.471 e. The molecule has 0 bridgehead atoms. The van der Waals surface area contributed by atoms with Crippen LogP contribution in [0.2, 0.25) is 0 Å². The van der Waals surface area contributed by atoms with Gasteiger partial charge >= 0.3 is 18.1 Å². The summed E-state index contributed by atoms with van der Waals surface area (Å²) in [5, 5.41) is 12.8. The number of hydrogen-bond acceptors (Lipinski definition) is 6. The first-order valence-electron chi connectivity index (χ1n) is 9.70. The molecule has 0 aromatic heterocycles. The molecule has 168 valence electrons. The first kappa shape index (κ1) is 22.6. The van der Waals surface area contributed by atoms with Crippen molar-refractivity contribution in [2.45, 2.75) is 51.8 Å². The predicted molar refractivity (Wildman–Crippen MR) is 100 cm³/mol. The zero-order valence-electron chi connectivity index (χ0n) is 17.0. The summed E-state index contributed by atoms with van der Waals surface area (Å²) in [7, 11) is 1.35. The predicted octanol–water partition coefficient (Wildman–Crippen LogP) is 2.58. The lowest BCUT2D eigenvalue weighted by molar-refractivity contribution is -0.312. The number of fused-ring (bicyclic) bond motifs is 1. The monoisotopic (exact) mass is 440 g/mol.